The molecular weight excluding hydrogens is 913 g/mol. The summed E-state index contributed by atoms with van der Waals surface area (Å²) in [5.41, 5.74) is 0. The van der Waals surface area contributed by atoms with E-state index in [0.717, 1.165) is 135 Å². The first kappa shape index (κ1) is 69.8. The molecule has 0 saturated carbocycles. The molecule has 0 radical (unpaired) electrons. The molecule has 6 nitrogen and oxygen atoms in total. The number of allylic oxidation sites excluding steroid dienone is 20. The van der Waals surface area contributed by atoms with E-state index in [9.17, 15) is 14.4 Å². The van der Waals surface area contributed by atoms with Crippen LogP contribution in [0, 0.1) is 0 Å². The van der Waals surface area contributed by atoms with Gasteiger partial charge in [0.1, 0.15) is 13.2 Å². The Balaban J connectivity index is 4.20. The highest BCUT2D eigenvalue weighted by molar-refractivity contribution is 5.71. The van der Waals surface area contributed by atoms with Crippen molar-refractivity contribution >= 4 is 17.9 Å². The highest BCUT2D eigenvalue weighted by Gasteiger charge is 2.19. The molecule has 1 unspecified atom stereocenters. The van der Waals surface area contributed by atoms with Crippen molar-refractivity contribution in [2.24, 2.45) is 0 Å². The average molecular weight is 1030 g/mol. The van der Waals surface area contributed by atoms with Crippen LogP contribution in [-0.4, -0.2) is 37.2 Å². The Morgan fingerprint density at radius 2 is 0.527 bits per heavy atom. The Morgan fingerprint density at radius 1 is 0.284 bits per heavy atom. The predicted molar refractivity (Wildman–Crippen MR) is 320 cm³/mol. The third-order valence-corrected chi connectivity index (χ3v) is 12.7. The summed E-state index contributed by atoms with van der Waals surface area (Å²) in [5.74, 6) is -0.912. The lowest BCUT2D eigenvalue weighted by Crippen LogP contribution is -2.30. The van der Waals surface area contributed by atoms with Crippen molar-refractivity contribution in [1.82, 2.24) is 0 Å². The summed E-state index contributed by atoms with van der Waals surface area (Å²) in [5, 5.41) is 0. The molecule has 0 aromatic heterocycles. The molecule has 0 heterocycles. The van der Waals surface area contributed by atoms with Gasteiger partial charge in [-0.25, -0.2) is 0 Å². The van der Waals surface area contributed by atoms with Crippen LogP contribution in [0.5, 0.6) is 0 Å². The van der Waals surface area contributed by atoms with Gasteiger partial charge in [-0.15, -0.1) is 0 Å². The third-order valence-electron chi connectivity index (χ3n) is 12.7. The molecular formula is C68H112O6. The summed E-state index contributed by atoms with van der Waals surface area (Å²) < 4.78 is 16.8. The van der Waals surface area contributed by atoms with E-state index in [1.54, 1.807) is 0 Å². The molecule has 1 atom stereocenters. The quantitative estimate of drug-likeness (QED) is 0.0261. The van der Waals surface area contributed by atoms with Crippen LogP contribution in [0.4, 0.5) is 0 Å². The van der Waals surface area contributed by atoms with E-state index in [4.69, 9.17) is 14.2 Å². The maximum Gasteiger partial charge on any atom is 0.306 e. The van der Waals surface area contributed by atoms with Crippen molar-refractivity contribution in [2.45, 2.75) is 277 Å². The van der Waals surface area contributed by atoms with Crippen LogP contribution in [0.1, 0.15) is 271 Å². The lowest BCUT2D eigenvalue weighted by atomic mass is 10.0. The number of carbonyl (C=O) groups is 3. The molecule has 0 aliphatic rings. The van der Waals surface area contributed by atoms with Crippen molar-refractivity contribution in [1.29, 1.82) is 0 Å². The molecule has 0 saturated heterocycles. The number of carbonyl (C=O) groups excluding carboxylic acids is 3. The molecule has 0 rings (SSSR count). The third kappa shape index (κ3) is 58.7. The van der Waals surface area contributed by atoms with Crippen molar-refractivity contribution in [3.8, 4) is 0 Å². The van der Waals surface area contributed by atoms with Crippen LogP contribution in [0.15, 0.2) is 122 Å². The van der Waals surface area contributed by atoms with Gasteiger partial charge in [0, 0.05) is 19.3 Å². The van der Waals surface area contributed by atoms with E-state index >= 15 is 0 Å². The van der Waals surface area contributed by atoms with Gasteiger partial charge in [0.15, 0.2) is 6.10 Å². The summed E-state index contributed by atoms with van der Waals surface area (Å²) in [6, 6.07) is 0. The fourth-order valence-corrected chi connectivity index (χ4v) is 8.18. The summed E-state index contributed by atoms with van der Waals surface area (Å²) in [6.07, 6.45) is 85.0. The van der Waals surface area contributed by atoms with Crippen molar-refractivity contribution in [3.05, 3.63) is 122 Å². The highest BCUT2D eigenvalue weighted by atomic mass is 16.6. The SMILES string of the molecule is CC/C=C\C/C=C\C/C=C\C/C=C\C/C=C\C/C=C\C/C=C\C/C=C\C/C=C\C/C=C\CCCCCCC(=O)OCC(COC(=O)CCCCCCCCCCC)OC(=O)CCCCCCCCCCCCCC. The maximum atomic E-state index is 12.8. The fraction of sp³-hybridized carbons (Fsp3) is 0.662. The summed E-state index contributed by atoms with van der Waals surface area (Å²) in [7, 11) is 0. The second-order valence-corrected chi connectivity index (χ2v) is 19.9. The van der Waals surface area contributed by atoms with Gasteiger partial charge in [-0.2, -0.15) is 0 Å². The van der Waals surface area contributed by atoms with Crippen LogP contribution in [0.3, 0.4) is 0 Å². The number of rotatable bonds is 54. The Hall–Kier alpha value is -4.19. The number of hydrogen-bond donors (Lipinski definition) is 0. The smallest absolute Gasteiger partial charge is 0.306 e. The molecule has 0 amide bonds. The van der Waals surface area contributed by atoms with Gasteiger partial charge in [-0.1, -0.05) is 277 Å². The molecule has 74 heavy (non-hydrogen) atoms. The first-order chi connectivity index (χ1) is 36.5. The van der Waals surface area contributed by atoms with E-state index in [1.807, 2.05) is 0 Å². The van der Waals surface area contributed by atoms with Crippen molar-refractivity contribution in [2.75, 3.05) is 13.2 Å². The zero-order chi connectivity index (χ0) is 53.6. The Bertz CT molecular complexity index is 1550. The average Bonchev–Trinajstić information content (AvgIpc) is 3.40. The molecule has 0 aliphatic carbocycles. The van der Waals surface area contributed by atoms with Gasteiger partial charge in [0.05, 0.1) is 0 Å². The molecule has 0 spiro atoms. The van der Waals surface area contributed by atoms with Crippen LogP contribution in [-0.2, 0) is 28.6 Å². The minimum atomic E-state index is -0.785. The minimum Gasteiger partial charge on any atom is -0.462 e. The largest absolute Gasteiger partial charge is 0.462 e. The molecule has 0 fully saturated rings. The zero-order valence-corrected chi connectivity index (χ0v) is 48.1. The van der Waals surface area contributed by atoms with Gasteiger partial charge in [0.2, 0.25) is 0 Å². The van der Waals surface area contributed by atoms with E-state index in [2.05, 4.69) is 142 Å². The number of ether oxygens (including phenoxy) is 3. The normalized spacial score (nSPS) is 13.0. The summed E-state index contributed by atoms with van der Waals surface area (Å²) >= 11 is 0. The number of unbranched alkanes of at least 4 members (excludes halogenated alkanes) is 23. The molecule has 420 valence electrons. The van der Waals surface area contributed by atoms with Gasteiger partial charge in [-0.3, -0.25) is 14.4 Å². The van der Waals surface area contributed by atoms with Crippen molar-refractivity contribution in [3.63, 3.8) is 0 Å². The van der Waals surface area contributed by atoms with Crippen LogP contribution < -0.4 is 0 Å². The Morgan fingerprint density at radius 3 is 0.824 bits per heavy atom. The van der Waals surface area contributed by atoms with Gasteiger partial charge >= 0.3 is 17.9 Å². The molecule has 0 aromatic carbocycles. The van der Waals surface area contributed by atoms with Gasteiger partial charge < -0.3 is 14.2 Å². The maximum absolute atomic E-state index is 12.8. The minimum absolute atomic E-state index is 0.0841. The van der Waals surface area contributed by atoms with Crippen LogP contribution in [0.25, 0.3) is 0 Å². The molecule has 0 aromatic rings. The highest BCUT2D eigenvalue weighted by Crippen LogP contribution is 2.15. The van der Waals surface area contributed by atoms with E-state index in [1.165, 1.54) is 96.3 Å². The monoisotopic (exact) mass is 1020 g/mol. The van der Waals surface area contributed by atoms with Gasteiger partial charge in [-0.05, 0) is 96.3 Å². The molecule has 0 bridgehead atoms. The molecule has 0 N–H and O–H groups in total. The topological polar surface area (TPSA) is 78.9 Å². The lowest BCUT2D eigenvalue weighted by Gasteiger charge is -2.18. The van der Waals surface area contributed by atoms with E-state index in [0.29, 0.717) is 19.3 Å². The first-order valence-electron chi connectivity index (χ1n) is 30.5. The summed E-state index contributed by atoms with van der Waals surface area (Å²) in [4.78, 5) is 38.0. The predicted octanol–water partition coefficient (Wildman–Crippen LogP) is 20.8. The fourth-order valence-electron chi connectivity index (χ4n) is 8.18. The van der Waals surface area contributed by atoms with Crippen LogP contribution >= 0.6 is 0 Å². The molecule has 0 aliphatic heterocycles. The van der Waals surface area contributed by atoms with Crippen LogP contribution in [0.2, 0.25) is 0 Å². The zero-order valence-electron chi connectivity index (χ0n) is 48.1. The molecule has 6 heteroatoms. The van der Waals surface area contributed by atoms with E-state index < -0.39 is 6.10 Å². The number of hydrogen-bond acceptors (Lipinski definition) is 6. The lowest BCUT2D eigenvalue weighted by molar-refractivity contribution is -0.167. The second kappa shape index (κ2) is 61.4. The Kier molecular flexibility index (Phi) is 57.9. The Labute approximate surface area is 456 Å². The second-order valence-electron chi connectivity index (χ2n) is 19.9. The number of esters is 3. The first-order valence-corrected chi connectivity index (χ1v) is 30.5. The van der Waals surface area contributed by atoms with E-state index in [-0.39, 0.29) is 31.1 Å². The standard InChI is InChI=1S/C68H112O6/c1-4-7-10-13-16-19-21-23-24-25-26-27-28-29-30-31-32-33-34-35-36-37-38-39-40-41-42-43-44-45-47-49-52-55-58-61-67(70)73-64-65(63-72-66(69)60-57-54-51-48-18-15-12-9-6-3)74-68(71)62-59-56-53-50-46-22-20-17-14-11-8-5-2/h7,10,16,19,23-24,26-27,29-30,32-33,35-36,38-39,41-42,44-45,65H,4-6,8-9,11-15,17-18,20-22,25,28,31,34,37,40,43,46-64H2,1-3H3/b10-7-,19-16-,24-23-,27-26-,30-29-,33-32-,36-35-,39-38-,42-41-,45-44-. The van der Waals surface area contributed by atoms with Gasteiger partial charge in [0.25, 0.3) is 0 Å². The van der Waals surface area contributed by atoms with Crippen molar-refractivity contribution < 1.29 is 28.6 Å². The summed E-state index contributed by atoms with van der Waals surface area (Å²) in [6.45, 7) is 6.48.